The summed E-state index contributed by atoms with van der Waals surface area (Å²) in [5, 5.41) is 9.43. The number of likely N-dealkylation sites (N-methyl/N-ethyl adjacent to an activating group) is 1. The quantitative estimate of drug-likeness (QED) is 0.790. The number of amides is 1. The second-order valence-corrected chi connectivity index (χ2v) is 3.82. The Hall–Kier alpha value is -1.59. The number of methoxy groups -OCH3 is 1. The molecule has 0 heterocycles. The maximum atomic E-state index is 11.8. The van der Waals surface area contributed by atoms with E-state index in [0.717, 1.165) is 5.56 Å². The highest BCUT2D eigenvalue weighted by Gasteiger charge is 2.21. The summed E-state index contributed by atoms with van der Waals surface area (Å²) in [5.74, 6) is 0.132. The molecule has 0 aromatic heterocycles. The Bertz CT molecular complexity index is 407. The Morgan fingerprint density at radius 2 is 2.24 bits per heavy atom. The van der Waals surface area contributed by atoms with Gasteiger partial charge in [-0.25, -0.2) is 0 Å². The van der Waals surface area contributed by atoms with Crippen molar-refractivity contribution >= 4 is 11.6 Å². The molecule has 5 heteroatoms. The molecule has 3 N–H and O–H groups in total. The zero-order valence-electron chi connectivity index (χ0n) is 10.3. The molecule has 0 fully saturated rings. The van der Waals surface area contributed by atoms with E-state index < -0.39 is 12.0 Å². The first-order chi connectivity index (χ1) is 8.01. The summed E-state index contributed by atoms with van der Waals surface area (Å²) in [5.41, 5.74) is 6.88. The molecule has 5 nitrogen and oxygen atoms in total. The van der Waals surface area contributed by atoms with Crippen LogP contribution in [0, 0.1) is 6.92 Å². The molecule has 94 valence electrons. The molecule has 1 aromatic carbocycles. The zero-order chi connectivity index (χ0) is 13.0. The summed E-state index contributed by atoms with van der Waals surface area (Å²) in [4.78, 5) is 13.1. The standard InChI is InChI=1S/C12H18N2O3/c1-8-4-5-11(17-3)9(6-8)14(2)12(16)10(15)7-13/h4-6,10,15H,7,13H2,1-3H3. The minimum absolute atomic E-state index is 0.0999. The van der Waals surface area contributed by atoms with Gasteiger partial charge in [-0.15, -0.1) is 0 Å². The third-order valence-electron chi connectivity index (χ3n) is 2.53. The molecule has 0 bridgehead atoms. The van der Waals surface area contributed by atoms with E-state index in [1.165, 1.54) is 12.0 Å². The van der Waals surface area contributed by atoms with Gasteiger partial charge in [0.2, 0.25) is 0 Å². The summed E-state index contributed by atoms with van der Waals surface area (Å²) >= 11 is 0. The number of nitrogens with zero attached hydrogens (tertiary/aromatic N) is 1. The van der Waals surface area contributed by atoms with Crippen LogP contribution in [0.3, 0.4) is 0 Å². The lowest BCUT2D eigenvalue weighted by molar-refractivity contribution is -0.125. The van der Waals surface area contributed by atoms with Crippen LogP contribution in [0.4, 0.5) is 5.69 Å². The molecule has 0 saturated carbocycles. The lowest BCUT2D eigenvalue weighted by Gasteiger charge is -2.22. The van der Waals surface area contributed by atoms with Crippen molar-refractivity contribution in [1.29, 1.82) is 0 Å². The molecule has 0 aliphatic heterocycles. The maximum absolute atomic E-state index is 11.8. The number of ether oxygens (including phenoxy) is 1. The first-order valence-electron chi connectivity index (χ1n) is 5.31. The number of nitrogens with two attached hydrogens (primary N) is 1. The minimum Gasteiger partial charge on any atom is -0.495 e. The minimum atomic E-state index is -1.19. The Morgan fingerprint density at radius 3 is 2.76 bits per heavy atom. The van der Waals surface area contributed by atoms with E-state index in [9.17, 15) is 9.90 Å². The number of carbonyl (C=O) groups excluding carboxylic acids is 1. The number of carbonyl (C=O) groups is 1. The lowest BCUT2D eigenvalue weighted by atomic mass is 10.2. The van der Waals surface area contributed by atoms with Crippen molar-refractivity contribution in [1.82, 2.24) is 0 Å². The number of hydrogen-bond donors (Lipinski definition) is 2. The van der Waals surface area contributed by atoms with E-state index in [1.54, 1.807) is 13.1 Å². The summed E-state index contributed by atoms with van der Waals surface area (Å²) in [6.45, 7) is 1.82. The van der Waals surface area contributed by atoms with Crippen LogP contribution >= 0.6 is 0 Å². The van der Waals surface area contributed by atoms with Crippen LogP contribution < -0.4 is 15.4 Å². The fourth-order valence-corrected chi connectivity index (χ4v) is 1.51. The predicted molar refractivity (Wildman–Crippen MR) is 66.2 cm³/mol. The fraction of sp³-hybridized carbons (Fsp3) is 0.417. The monoisotopic (exact) mass is 238 g/mol. The van der Waals surface area contributed by atoms with Gasteiger partial charge in [0, 0.05) is 13.6 Å². The molecule has 0 aliphatic carbocycles. The smallest absolute Gasteiger partial charge is 0.256 e. The SMILES string of the molecule is COc1ccc(C)cc1N(C)C(=O)C(O)CN. The van der Waals surface area contributed by atoms with Crippen LogP contribution in [0.2, 0.25) is 0 Å². The second-order valence-electron chi connectivity index (χ2n) is 3.82. The number of hydrogen-bond acceptors (Lipinski definition) is 4. The van der Waals surface area contributed by atoms with Crippen LogP contribution in [0.25, 0.3) is 0 Å². The van der Waals surface area contributed by atoms with Gasteiger partial charge in [0.05, 0.1) is 12.8 Å². The molecule has 0 aliphatic rings. The average molecular weight is 238 g/mol. The normalized spacial score (nSPS) is 12.1. The third-order valence-corrected chi connectivity index (χ3v) is 2.53. The molecule has 0 spiro atoms. The number of aliphatic hydroxyl groups excluding tert-OH is 1. The first kappa shape index (κ1) is 13.5. The zero-order valence-corrected chi connectivity index (χ0v) is 10.3. The van der Waals surface area contributed by atoms with Crippen molar-refractivity contribution in [2.24, 2.45) is 5.73 Å². The van der Waals surface area contributed by atoms with Gasteiger partial charge >= 0.3 is 0 Å². The average Bonchev–Trinajstić information content (AvgIpc) is 2.35. The highest BCUT2D eigenvalue weighted by atomic mass is 16.5. The van der Waals surface area contributed by atoms with Gasteiger partial charge in [-0.1, -0.05) is 6.07 Å². The summed E-state index contributed by atoms with van der Waals surface area (Å²) in [6, 6.07) is 5.49. The van der Waals surface area contributed by atoms with Crippen LogP contribution in [-0.4, -0.2) is 37.8 Å². The van der Waals surface area contributed by atoms with Gasteiger partial charge in [-0.3, -0.25) is 4.79 Å². The molecule has 0 saturated heterocycles. The number of aryl methyl sites for hydroxylation is 1. The van der Waals surface area contributed by atoms with Crippen molar-refractivity contribution in [3.05, 3.63) is 23.8 Å². The molecule has 1 atom stereocenters. The summed E-state index contributed by atoms with van der Waals surface area (Å²) < 4.78 is 5.18. The van der Waals surface area contributed by atoms with Gasteiger partial charge in [-0.05, 0) is 24.6 Å². The Balaban J connectivity index is 3.06. The molecule has 1 aromatic rings. The molecular formula is C12H18N2O3. The number of anilines is 1. The van der Waals surface area contributed by atoms with Crippen LogP contribution in [0.1, 0.15) is 5.56 Å². The molecule has 1 amide bonds. The van der Waals surface area contributed by atoms with Gasteiger partial charge in [0.1, 0.15) is 11.9 Å². The predicted octanol–water partition coefficient (Wildman–Crippen LogP) is 0.286. The van der Waals surface area contributed by atoms with Gasteiger partial charge in [0.25, 0.3) is 5.91 Å². The third kappa shape index (κ3) is 2.95. The Labute approximate surface area is 101 Å². The molecule has 17 heavy (non-hydrogen) atoms. The Morgan fingerprint density at radius 1 is 1.59 bits per heavy atom. The van der Waals surface area contributed by atoms with E-state index in [0.29, 0.717) is 11.4 Å². The second kappa shape index (κ2) is 5.65. The largest absolute Gasteiger partial charge is 0.495 e. The van der Waals surface area contributed by atoms with Crippen LogP contribution in [0.5, 0.6) is 5.75 Å². The van der Waals surface area contributed by atoms with Crippen LogP contribution in [0.15, 0.2) is 18.2 Å². The van der Waals surface area contributed by atoms with Gasteiger partial charge in [0.15, 0.2) is 0 Å². The first-order valence-corrected chi connectivity index (χ1v) is 5.31. The molecule has 1 rings (SSSR count). The van der Waals surface area contributed by atoms with Crippen molar-refractivity contribution < 1.29 is 14.6 Å². The van der Waals surface area contributed by atoms with E-state index >= 15 is 0 Å². The van der Waals surface area contributed by atoms with Crippen molar-refractivity contribution in [2.45, 2.75) is 13.0 Å². The van der Waals surface area contributed by atoms with E-state index in [2.05, 4.69) is 0 Å². The van der Waals surface area contributed by atoms with E-state index in [-0.39, 0.29) is 6.54 Å². The van der Waals surface area contributed by atoms with E-state index in [1.807, 2.05) is 19.1 Å². The Kier molecular flexibility index (Phi) is 4.48. The van der Waals surface area contributed by atoms with Gasteiger partial charge < -0.3 is 20.5 Å². The highest BCUT2D eigenvalue weighted by Crippen LogP contribution is 2.28. The van der Waals surface area contributed by atoms with Crippen molar-refractivity contribution in [2.75, 3.05) is 25.6 Å². The summed E-state index contributed by atoms with van der Waals surface area (Å²) in [6.07, 6.45) is -1.19. The number of aliphatic hydroxyl groups is 1. The molecular weight excluding hydrogens is 220 g/mol. The van der Waals surface area contributed by atoms with Crippen LogP contribution in [-0.2, 0) is 4.79 Å². The number of benzene rings is 1. The topological polar surface area (TPSA) is 75.8 Å². The highest BCUT2D eigenvalue weighted by molar-refractivity contribution is 5.97. The van der Waals surface area contributed by atoms with Crippen molar-refractivity contribution in [3.63, 3.8) is 0 Å². The van der Waals surface area contributed by atoms with Crippen molar-refractivity contribution in [3.8, 4) is 5.75 Å². The van der Waals surface area contributed by atoms with Gasteiger partial charge in [-0.2, -0.15) is 0 Å². The molecule has 1 unspecified atom stereocenters. The number of rotatable bonds is 4. The summed E-state index contributed by atoms with van der Waals surface area (Å²) in [7, 11) is 3.12. The lowest BCUT2D eigenvalue weighted by Crippen LogP contribution is -2.40. The van der Waals surface area contributed by atoms with E-state index in [4.69, 9.17) is 10.5 Å². The fourth-order valence-electron chi connectivity index (χ4n) is 1.51. The maximum Gasteiger partial charge on any atom is 0.256 e. The molecule has 0 radical (unpaired) electrons.